The van der Waals surface area contributed by atoms with Gasteiger partial charge >= 0.3 is 11.9 Å². The summed E-state index contributed by atoms with van der Waals surface area (Å²) in [4.78, 5) is 23.1. The van der Waals surface area contributed by atoms with Gasteiger partial charge in [0.15, 0.2) is 0 Å². The number of rotatable bonds is 11. The molecule has 0 amide bonds. The molecule has 0 bridgehead atoms. The van der Waals surface area contributed by atoms with E-state index in [1.807, 2.05) is 6.92 Å². The molecule has 0 radical (unpaired) electrons. The second kappa shape index (κ2) is 12.2. The van der Waals surface area contributed by atoms with Crippen molar-refractivity contribution in [3.8, 4) is 0 Å². The molecular formula is C18H24Cl2O4. The third-order valence-corrected chi connectivity index (χ3v) is 3.78. The zero-order valence-corrected chi connectivity index (χ0v) is 15.5. The van der Waals surface area contributed by atoms with Crippen LogP contribution < -0.4 is 0 Å². The Balaban J connectivity index is 2.08. The Morgan fingerprint density at radius 2 is 1.46 bits per heavy atom. The van der Waals surface area contributed by atoms with Crippen LogP contribution in [0.25, 0.3) is 0 Å². The molecule has 0 heterocycles. The first-order valence-electron chi connectivity index (χ1n) is 8.27. The Morgan fingerprint density at radius 1 is 0.875 bits per heavy atom. The summed E-state index contributed by atoms with van der Waals surface area (Å²) in [5, 5.41) is 1.03. The maximum atomic E-state index is 11.7. The Morgan fingerprint density at radius 3 is 2.04 bits per heavy atom. The van der Waals surface area contributed by atoms with Crippen molar-refractivity contribution in [2.45, 2.75) is 58.5 Å². The highest BCUT2D eigenvalue weighted by Gasteiger charge is 2.06. The summed E-state index contributed by atoms with van der Waals surface area (Å²) in [6.07, 6.45) is 4.85. The highest BCUT2D eigenvalue weighted by molar-refractivity contribution is 6.34. The van der Waals surface area contributed by atoms with Gasteiger partial charge in [-0.1, -0.05) is 43.0 Å². The second-order valence-corrected chi connectivity index (χ2v) is 6.45. The van der Waals surface area contributed by atoms with E-state index in [9.17, 15) is 9.59 Å². The first kappa shape index (κ1) is 20.8. The third kappa shape index (κ3) is 9.78. The minimum absolute atomic E-state index is 0.156. The Kier molecular flexibility index (Phi) is 10.5. The summed E-state index contributed by atoms with van der Waals surface area (Å²) in [5.74, 6) is -0.430. The lowest BCUT2D eigenvalue weighted by molar-refractivity contribution is -0.145. The first-order chi connectivity index (χ1) is 11.5. The number of esters is 2. The molecule has 0 aliphatic rings. The van der Waals surface area contributed by atoms with Gasteiger partial charge in [-0.2, -0.15) is 0 Å². The number of hydrogen-bond acceptors (Lipinski definition) is 4. The van der Waals surface area contributed by atoms with Crippen LogP contribution in [0.15, 0.2) is 18.2 Å². The molecular weight excluding hydrogens is 351 g/mol. The number of carbonyl (C=O) groups is 2. The van der Waals surface area contributed by atoms with Crippen LogP contribution in [0.5, 0.6) is 0 Å². The van der Waals surface area contributed by atoms with Crippen LogP contribution in [0.3, 0.4) is 0 Å². The molecule has 0 N–H and O–H groups in total. The van der Waals surface area contributed by atoms with Crippen molar-refractivity contribution in [3.63, 3.8) is 0 Å². The maximum Gasteiger partial charge on any atom is 0.306 e. The van der Waals surface area contributed by atoms with Crippen molar-refractivity contribution >= 4 is 35.1 Å². The number of hydrogen-bond donors (Lipinski definition) is 0. The molecule has 0 aliphatic carbocycles. The molecule has 6 heteroatoms. The molecule has 0 saturated carbocycles. The van der Waals surface area contributed by atoms with E-state index in [0.29, 0.717) is 35.9 Å². The highest BCUT2D eigenvalue weighted by atomic mass is 35.5. The van der Waals surface area contributed by atoms with E-state index in [4.69, 9.17) is 32.7 Å². The molecule has 0 aromatic heterocycles. The summed E-state index contributed by atoms with van der Waals surface area (Å²) >= 11 is 11.8. The van der Waals surface area contributed by atoms with Gasteiger partial charge in [0.25, 0.3) is 0 Å². The smallest absolute Gasteiger partial charge is 0.306 e. The molecule has 0 spiro atoms. The van der Waals surface area contributed by atoms with Crippen LogP contribution in [0.4, 0.5) is 0 Å². The zero-order chi connectivity index (χ0) is 17.8. The number of halogens is 2. The largest absolute Gasteiger partial charge is 0.466 e. The van der Waals surface area contributed by atoms with Crippen LogP contribution in [0.1, 0.15) is 57.4 Å². The fraction of sp³-hybridized carbons (Fsp3) is 0.556. The summed E-state index contributed by atoms with van der Waals surface area (Å²) in [6, 6.07) is 5.05. The molecule has 4 nitrogen and oxygen atoms in total. The third-order valence-electron chi connectivity index (χ3n) is 3.34. The second-order valence-electron chi connectivity index (χ2n) is 5.57. The first-order valence-corrected chi connectivity index (χ1v) is 9.03. The molecule has 0 aliphatic heterocycles. The van der Waals surface area contributed by atoms with E-state index < -0.39 is 0 Å². The molecule has 1 aromatic rings. The number of unbranched alkanes of at least 4 members (excludes halogenated alkanes) is 3. The monoisotopic (exact) mass is 374 g/mol. The summed E-state index contributed by atoms with van der Waals surface area (Å²) in [6.45, 7) is 2.70. The fourth-order valence-corrected chi connectivity index (χ4v) is 2.62. The van der Waals surface area contributed by atoms with Crippen molar-refractivity contribution in [2.24, 2.45) is 0 Å². The van der Waals surface area contributed by atoms with Gasteiger partial charge in [-0.25, -0.2) is 0 Å². The molecule has 1 rings (SSSR count). The van der Waals surface area contributed by atoms with Crippen LogP contribution in [0, 0.1) is 0 Å². The van der Waals surface area contributed by atoms with Crippen molar-refractivity contribution in [3.05, 3.63) is 33.8 Å². The van der Waals surface area contributed by atoms with Crippen molar-refractivity contribution < 1.29 is 19.1 Å². The van der Waals surface area contributed by atoms with E-state index >= 15 is 0 Å². The van der Waals surface area contributed by atoms with E-state index in [1.165, 1.54) is 0 Å². The van der Waals surface area contributed by atoms with E-state index in [2.05, 4.69) is 0 Å². The highest BCUT2D eigenvalue weighted by Crippen LogP contribution is 2.19. The summed E-state index contributed by atoms with van der Waals surface area (Å²) in [5.41, 5.74) is 0.760. The molecule has 0 fully saturated rings. The van der Waals surface area contributed by atoms with Crippen molar-refractivity contribution in [2.75, 3.05) is 6.61 Å². The fourth-order valence-electron chi connectivity index (χ4n) is 2.05. The normalized spacial score (nSPS) is 10.5. The molecule has 0 unspecified atom stereocenters. The van der Waals surface area contributed by atoms with E-state index in [0.717, 1.165) is 31.2 Å². The standard InChI is InChI=1S/C18H24Cl2O4/c1-2-3-9-23-17(21)7-5-4-6-8-18(22)24-13-14-10-15(19)12-16(20)11-14/h10-12H,2-9,13H2,1H3. The lowest BCUT2D eigenvalue weighted by atomic mass is 10.1. The van der Waals surface area contributed by atoms with Crippen LogP contribution >= 0.6 is 23.2 Å². The van der Waals surface area contributed by atoms with Gasteiger partial charge in [0.05, 0.1) is 6.61 Å². The SMILES string of the molecule is CCCCOC(=O)CCCCCC(=O)OCc1cc(Cl)cc(Cl)c1. The topological polar surface area (TPSA) is 52.6 Å². The average molecular weight is 375 g/mol. The van der Waals surface area contributed by atoms with Gasteiger partial charge in [-0.3, -0.25) is 9.59 Å². The van der Waals surface area contributed by atoms with Gasteiger partial charge in [0, 0.05) is 22.9 Å². The predicted octanol–water partition coefficient (Wildman–Crippen LogP) is 5.33. The molecule has 1 aromatic carbocycles. The quantitative estimate of drug-likeness (QED) is 0.387. The van der Waals surface area contributed by atoms with Crippen LogP contribution in [0.2, 0.25) is 10.0 Å². The van der Waals surface area contributed by atoms with Gasteiger partial charge in [0.2, 0.25) is 0 Å². The van der Waals surface area contributed by atoms with Gasteiger partial charge in [-0.05, 0) is 43.0 Å². The van der Waals surface area contributed by atoms with Crippen molar-refractivity contribution in [1.82, 2.24) is 0 Å². The van der Waals surface area contributed by atoms with Crippen LogP contribution in [-0.2, 0) is 25.7 Å². The summed E-state index contributed by atoms with van der Waals surface area (Å²) < 4.78 is 10.2. The maximum absolute atomic E-state index is 11.7. The van der Waals surface area contributed by atoms with Crippen molar-refractivity contribution in [1.29, 1.82) is 0 Å². The zero-order valence-electron chi connectivity index (χ0n) is 14.0. The predicted molar refractivity (Wildman–Crippen MR) is 95.2 cm³/mol. The molecule has 24 heavy (non-hydrogen) atoms. The van der Waals surface area contributed by atoms with Gasteiger partial charge < -0.3 is 9.47 Å². The van der Waals surface area contributed by atoms with E-state index in [1.54, 1.807) is 18.2 Å². The number of benzene rings is 1. The minimum atomic E-state index is -0.267. The molecule has 134 valence electrons. The minimum Gasteiger partial charge on any atom is -0.466 e. The lowest BCUT2D eigenvalue weighted by Gasteiger charge is -2.06. The Bertz CT molecular complexity index is 512. The van der Waals surface area contributed by atoms with E-state index in [-0.39, 0.29) is 18.5 Å². The van der Waals surface area contributed by atoms with Crippen LogP contribution in [-0.4, -0.2) is 18.5 Å². The van der Waals surface area contributed by atoms with Gasteiger partial charge in [-0.15, -0.1) is 0 Å². The lowest BCUT2D eigenvalue weighted by Crippen LogP contribution is -2.06. The Hall–Kier alpha value is -1.26. The van der Waals surface area contributed by atoms with Gasteiger partial charge in [0.1, 0.15) is 6.61 Å². The number of ether oxygens (including phenoxy) is 2. The molecule has 0 atom stereocenters. The molecule has 0 saturated heterocycles. The number of carbonyl (C=O) groups excluding carboxylic acids is 2. The summed E-state index contributed by atoms with van der Waals surface area (Å²) in [7, 11) is 0. The average Bonchev–Trinajstić information content (AvgIpc) is 2.52. The Labute approximate surface area is 153 Å².